The lowest BCUT2D eigenvalue weighted by Crippen LogP contribution is -2.29. The molecule has 0 radical (unpaired) electrons. The van der Waals surface area contributed by atoms with Crippen LogP contribution in [-0.4, -0.2) is 76.9 Å². The fourth-order valence-electron chi connectivity index (χ4n) is 5.04. The predicted molar refractivity (Wildman–Crippen MR) is 211 cm³/mol. The number of allylic oxidation sites excluding steroid dienone is 6. The number of phosphoric acid groups is 1. The van der Waals surface area contributed by atoms with Gasteiger partial charge in [-0.3, -0.25) is 18.6 Å². The van der Waals surface area contributed by atoms with E-state index >= 15 is 0 Å². The van der Waals surface area contributed by atoms with Crippen LogP contribution in [0.1, 0.15) is 149 Å². The molecule has 0 aliphatic heterocycles. The van der Waals surface area contributed by atoms with Gasteiger partial charge >= 0.3 is 19.8 Å². The second kappa shape index (κ2) is 35.6. The molecule has 308 valence electrons. The minimum Gasteiger partial charge on any atom is -0.462 e. The number of carbonyl (C=O) groups is 2. The first kappa shape index (κ1) is 50.9. The Balaban J connectivity index is 4.54. The molecular weight excluding hydrogens is 699 g/mol. The van der Waals surface area contributed by atoms with Crippen molar-refractivity contribution in [3.8, 4) is 0 Å². The molecule has 0 amide bonds. The Morgan fingerprint density at radius 3 is 2.06 bits per heavy atom. The lowest BCUT2D eigenvalue weighted by Gasteiger charge is -2.20. The van der Waals surface area contributed by atoms with Gasteiger partial charge in [0.05, 0.1) is 25.9 Å². The van der Waals surface area contributed by atoms with Gasteiger partial charge in [0.25, 0.3) is 0 Å². The monoisotopic (exact) mass is 772 g/mol. The Morgan fingerprint density at radius 1 is 0.717 bits per heavy atom. The maximum absolute atomic E-state index is 12.6. The van der Waals surface area contributed by atoms with Crippen molar-refractivity contribution < 1.29 is 52.9 Å². The third-order valence-electron chi connectivity index (χ3n) is 8.61. The molecular formula is C41H73O11P. The first-order chi connectivity index (χ1) is 25.5. The molecule has 0 rings (SSSR count). The molecule has 11 nitrogen and oxygen atoms in total. The van der Waals surface area contributed by atoms with E-state index in [1.165, 1.54) is 57.8 Å². The minimum atomic E-state index is -4.64. The summed E-state index contributed by atoms with van der Waals surface area (Å²) >= 11 is 0. The standard InChI is InChI=1S/C41H73O11P/c1-4-6-7-8-18-23-28-37(43)29-24-19-14-10-12-16-21-26-31-41(46)52-39(35-51-53(47,48)50-33-38(44)32-42)34-49-40(45)30-25-20-15-11-9-13-17-22-27-36(3)5-2/h12,14,16,18-19,23-24,29,36-39,42-44H,4-11,13,15,17,20-22,25-28,30-35H2,1-3H3,(H,47,48)/b16-12-,19-14-,23-18-,29-24+/t36?,37-,38-,39+/m0/s1. The molecule has 0 saturated carbocycles. The van der Waals surface area contributed by atoms with Gasteiger partial charge in [-0.05, 0) is 50.9 Å². The van der Waals surface area contributed by atoms with E-state index in [9.17, 15) is 29.3 Å². The normalized spacial score (nSPS) is 15.7. The van der Waals surface area contributed by atoms with Crippen molar-refractivity contribution in [2.45, 2.75) is 167 Å². The first-order valence-electron chi connectivity index (χ1n) is 20.1. The summed E-state index contributed by atoms with van der Waals surface area (Å²) in [7, 11) is -4.64. The molecule has 2 unspecified atom stereocenters. The van der Waals surface area contributed by atoms with Gasteiger partial charge in [0.2, 0.25) is 0 Å². The zero-order valence-corrected chi connectivity index (χ0v) is 33.9. The van der Waals surface area contributed by atoms with Gasteiger partial charge in [0.1, 0.15) is 12.7 Å². The van der Waals surface area contributed by atoms with Gasteiger partial charge in [-0.2, -0.15) is 0 Å². The second-order valence-corrected chi connectivity index (χ2v) is 15.2. The van der Waals surface area contributed by atoms with E-state index < -0.39 is 57.9 Å². The highest BCUT2D eigenvalue weighted by molar-refractivity contribution is 7.47. The van der Waals surface area contributed by atoms with Crippen LogP contribution >= 0.6 is 7.82 Å². The minimum absolute atomic E-state index is 0.0755. The number of carbonyl (C=O) groups excluding carboxylic acids is 2. The van der Waals surface area contributed by atoms with Gasteiger partial charge in [-0.25, -0.2) is 4.57 Å². The summed E-state index contributed by atoms with van der Waals surface area (Å²) < 4.78 is 32.5. The van der Waals surface area contributed by atoms with Crippen LogP contribution in [0.15, 0.2) is 48.6 Å². The van der Waals surface area contributed by atoms with Gasteiger partial charge in [0, 0.05) is 12.8 Å². The number of phosphoric ester groups is 1. The molecule has 53 heavy (non-hydrogen) atoms. The van der Waals surface area contributed by atoms with Crippen LogP contribution < -0.4 is 0 Å². The van der Waals surface area contributed by atoms with Crippen LogP contribution in [0.25, 0.3) is 0 Å². The lowest BCUT2D eigenvalue weighted by atomic mass is 9.99. The Labute approximate surface area is 320 Å². The van der Waals surface area contributed by atoms with Crippen LogP contribution in [-0.2, 0) is 32.7 Å². The Hall–Kier alpha value is -2.11. The molecule has 0 aliphatic rings. The quantitative estimate of drug-likeness (QED) is 0.0158. The molecule has 5 atom stereocenters. The van der Waals surface area contributed by atoms with Crippen molar-refractivity contribution >= 4 is 19.8 Å². The second-order valence-electron chi connectivity index (χ2n) is 13.8. The number of hydrogen-bond donors (Lipinski definition) is 4. The third-order valence-corrected chi connectivity index (χ3v) is 9.56. The van der Waals surface area contributed by atoms with Gasteiger partial charge in [0.15, 0.2) is 6.10 Å². The largest absolute Gasteiger partial charge is 0.472 e. The molecule has 12 heteroatoms. The zero-order chi connectivity index (χ0) is 39.4. The van der Waals surface area contributed by atoms with Crippen molar-refractivity contribution in [2.75, 3.05) is 26.4 Å². The molecule has 0 bridgehead atoms. The molecule has 0 aromatic heterocycles. The average molecular weight is 773 g/mol. The van der Waals surface area contributed by atoms with Crippen LogP contribution in [0, 0.1) is 5.92 Å². The summed E-state index contributed by atoms with van der Waals surface area (Å²) in [4.78, 5) is 34.8. The maximum Gasteiger partial charge on any atom is 0.472 e. The van der Waals surface area contributed by atoms with Gasteiger partial charge < -0.3 is 29.7 Å². The van der Waals surface area contributed by atoms with E-state index in [0.717, 1.165) is 31.6 Å². The number of esters is 2. The Morgan fingerprint density at radius 2 is 1.36 bits per heavy atom. The SMILES string of the molecule is CCCCC/C=C\C[C@H](O)/C=C/C=C\C/C=C\CCCC(=O)O[C@H](COC(=O)CCCCCCCCCCC(C)CC)COP(=O)(O)OC[C@@H](O)CO. The highest BCUT2D eigenvalue weighted by Crippen LogP contribution is 2.43. The van der Waals surface area contributed by atoms with E-state index in [0.29, 0.717) is 32.1 Å². The summed E-state index contributed by atoms with van der Waals surface area (Å²) in [5.74, 6) is -0.230. The summed E-state index contributed by atoms with van der Waals surface area (Å²) in [5, 5.41) is 28.3. The number of aliphatic hydroxyl groups is 3. The number of ether oxygens (including phenoxy) is 2. The van der Waals surface area contributed by atoms with Crippen LogP contribution in [0.5, 0.6) is 0 Å². The first-order valence-corrected chi connectivity index (χ1v) is 21.6. The van der Waals surface area contributed by atoms with Crippen LogP contribution in [0.3, 0.4) is 0 Å². The molecule has 0 aromatic carbocycles. The van der Waals surface area contributed by atoms with Gasteiger partial charge in [-0.1, -0.05) is 140 Å². The predicted octanol–water partition coefficient (Wildman–Crippen LogP) is 8.99. The van der Waals surface area contributed by atoms with Crippen molar-refractivity contribution in [1.82, 2.24) is 0 Å². The number of aliphatic hydroxyl groups excluding tert-OH is 3. The van der Waals surface area contributed by atoms with E-state index in [4.69, 9.17) is 19.1 Å². The lowest BCUT2D eigenvalue weighted by molar-refractivity contribution is -0.161. The van der Waals surface area contributed by atoms with Crippen molar-refractivity contribution in [3.63, 3.8) is 0 Å². The smallest absolute Gasteiger partial charge is 0.462 e. The third kappa shape index (κ3) is 35.4. The highest BCUT2D eigenvalue weighted by Gasteiger charge is 2.27. The van der Waals surface area contributed by atoms with Crippen molar-refractivity contribution in [2.24, 2.45) is 5.92 Å². The Kier molecular flexibility index (Phi) is 34.2. The molecule has 0 spiro atoms. The number of rotatable bonds is 36. The van der Waals surface area contributed by atoms with Crippen molar-refractivity contribution in [1.29, 1.82) is 0 Å². The summed E-state index contributed by atoms with van der Waals surface area (Å²) in [6.07, 6.45) is 31.2. The summed E-state index contributed by atoms with van der Waals surface area (Å²) in [6.45, 7) is 4.48. The zero-order valence-electron chi connectivity index (χ0n) is 33.0. The topological polar surface area (TPSA) is 169 Å². The number of unbranched alkanes of at least 4 members (excludes halogenated alkanes) is 11. The van der Waals surface area contributed by atoms with Crippen LogP contribution in [0.2, 0.25) is 0 Å². The van der Waals surface area contributed by atoms with E-state index in [1.807, 2.05) is 36.5 Å². The molecule has 0 aliphatic carbocycles. The fourth-order valence-corrected chi connectivity index (χ4v) is 5.83. The average Bonchev–Trinajstić information content (AvgIpc) is 3.14. The van der Waals surface area contributed by atoms with Gasteiger partial charge in [-0.15, -0.1) is 0 Å². The Bertz CT molecular complexity index is 1060. The van der Waals surface area contributed by atoms with E-state index in [-0.39, 0.29) is 19.4 Å². The summed E-state index contributed by atoms with van der Waals surface area (Å²) in [6, 6.07) is 0. The maximum atomic E-state index is 12.6. The fraction of sp³-hybridized carbons (Fsp3) is 0.756. The van der Waals surface area contributed by atoms with E-state index in [1.54, 1.807) is 6.08 Å². The molecule has 0 heterocycles. The summed E-state index contributed by atoms with van der Waals surface area (Å²) in [5.41, 5.74) is 0. The highest BCUT2D eigenvalue weighted by atomic mass is 31.2. The van der Waals surface area contributed by atoms with Crippen molar-refractivity contribution in [3.05, 3.63) is 48.6 Å². The number of hydrogen-bond acceptors (Lipinski definition) is 10. The molecule has 0 saturated heterocycles. The molecule has 0 aromatic rings. The molecule has 4 N–H and O–H groups in total. The molecule has 0 fully saturated rings. The van der Waals surface area contributed by atoms with Crippen LogP contribution in [0.4, 0.5) is 0 Å². The van der Waals surface area contributed by atoms with E-state index in [2.05, 4.69) is 31.4 Å².